The molecule has 3 aromatic rings. The van der Waals surface area contributed by atoms with Crippen LogP contribution in [0.2, 0.25) is 0 Å². The number of anilines is 1. The first kappa shape index (κ1) is 33.0. The zero-order valence-electron chi connectivity index (χ0n) is 24.7. The fraction of sp³-hybridized carbons (Fsp3) is 0.394. The minimum absolute atomic E-state index is 0.0140. The largest absolute Gasteiger partial charge is 0.416 e. The lowest BCUT2D eigenvalue weighted by Gasteiger charge is -2.42. The summed E-state index contributed by atoms with van der Waals surface area (Å²) in [5.41, 5.74) is 8.09. The first-order chi connectivity index (χ1) is 20.9. The van der Waals surface area contributed by atoms with Crippen molar-refractivity contribution in [2.75, 3.05) is 30.4 Å². The van der Waals surface area contributed by atoms with Crippen LogP contribution in [0.25, 0.3) is 0 Å². The van der Waals surface area contributed by atoms with Crippen LogP contribution in [0, 0.1) is 11.3 Å². The molecule has 1 saturated heterocycles. The van der Waals surface area contributed by atoms with Gasteiger partial charge in [-0.25, -0.2) is 8.42 Å². The second-order valence-electron chi connectivity index (χ2n) is 10.9. The molecule has 3 atom stereocenters. The number of rotatable bonds is 11. The molecule has 44 heavy (non-hydrogen) atoms. The van der Waals surface area contributed by atoms with E-state index in [4.69, 9.17) is 10.5 Å². The van der Waals surface area contributed by atoms with Gasteiger partial charge in [-0.2, -0.15) is 18.4 Å². The second-order valence-corrected chi connectivity index (χ2v) is 13.2. The van der Waals surface area contributed by atoms with E-state index in [1.54, 1.807) is 31.2 Å². The molecular formula is C33H36F3N3O4S. The van der Waals surface area contributed by atoms with E-state index in [2.05, 4.69) is 11.0 Å². The zero-order valence-corrected chi connectivity index (χ0v) is 25.5. The molecule has 0 radical (unpaired) electrons. The minimum atomic E-state index is -4.41. The lowest BCUT2D eigenvalue weighted by molar-refractivity contribution is -0.137. The van der Waals surface area contributed by atoms with Gasteiger partial charge in [0.05, 0.1) is 34.9 Å². The molecule has 0 aromatic heterocycles. The van der Waals surface area contributed by atoms with Crippen molar-refractivity contribution in [1.29, 1.82) is 5.26 Å². The Morgan fingerprint density at radius 2 is 1.75 bits per heavy atom. The maximum atomic E-state index is 13.2. The summed E-state index contributed by atoms with van der Waals surface area (Å²) in [6.45, 7) is 4.94. The quantitative estimate of drug-likeness (QED) is 0.262. The van der Waals surface area contributed by atoms with Crippen molar-refractivity contribution in [1.82, 2.24) is 0 Å². The number of hydrogen-bond acceptors (Lipinski definition) is 6. The summed E-state index contributed by atoms with van der Waals surface area (Å²) in [7, 11) is -3.43. The molecule has 0 spiro atoms. The maximum absolute atomic E-state index is 13.2. The van der Waals surface area contributed by atoms with E-state index in [1.807, 2.05) is 13.0 Å². The molecule has 1 aliphatic heterocycles. The van der Waals surface area contributed by atoms with E-state index in [9.17, 15) is 31.6 Å². The Balaban J connectivity index is 1.75. The molecule has 3 aromatic carbocycles. The molecule has 0 aliphatic carbocycles. The van der Waals surface area contributed by atoms with Gasteiger partial charge in [0.15, 0.2) is 9.84 Å². The predicted octanol–water partition coefficient (Wildman–Crippen LogP) is 6.43. The number of nitrogens with zero attached hydrogens (tertiary/aromatic N) is 2. The molecule has 0 unspecified atom stereocenters. The predicted molar refractivity (Wildman–Crippen MR) is 162 cm³/mol. The molecule has 0 bridgehead atoms. The summed E-state index contributed by atoms with van der Waals surface area (Å²) in [6.07, 6.45) is -2.91. The molecular weight excluding hydrogens is 591 g/mol. The van der Waals surface area contributed by atoms with Crippen LogP contribution in [0.15, 0.2) is 71.6 Å². The Hall–Kier alpha value is -3.88. The number of ether oxygens (including phenoxy) is 1. The molecule has 1 fully saturated rings. The fourth-order valence-corrected chi connectivity index (χ4v) is 6.69. The molecule has 7 nitrogen and oxygen atoms in total. The Morgan fingerprint density at radius 3 is 2.32 bits per heavy atom. The molecule has 1 amide bonds. The SMILES string of the molecule is CCOC[C@@H]1CC[C@H](c2ccc(C(F)(F)F)cc2)CN1c1ccc(C(N)=O)c([C@H](CC#N)c2ccc(S(=O)(=O)CC)cc2)c1. The number of nitriles is 1. The average molecular weight is 628 g/mol. The topological polar surface area (TPSA) is 113 Å². The van der Waals surface area contributed by atoms with Crippen LogP contribution in [-0.2, 0) is 20.8 Å². The van der Waals surface area contributed by atoms with E-state index < -0.39 is 33.4 Å². The van der Waals surface area contributed by atoms with Crippen molar-refractivity contribution in [3.05, 3.63) is 94.5 Å². The van der Waals surface area contributed by atoms with Crippen LogP contribution in [0.5, 0.6) is 0 Å². The Bertz CT molecular complexity index is 1600. The van der Waals surface area contributed by atoms with Gasteiger partial charge in [0, 0.05) is 42.7 Å². The van der Waals surface area contributed by atoms with Gasteiger partial charge in [0.2, 0.25) is 5.91 Å². The number of alkyl halides is 3. The number of halogens is 3. The number of amides is 1. The van der Waals surface area contributed by atoms with E-state index in [0.717, 1.165) is 36.2 Å². The van der Waals surface area contributed by atoms with Gasteiger partial charge in [-0.05, 0) is 78.9 Å². The van der Waals surface area contributed by atoms with E-state index in [-0.39, 0.29) is 34.6 Å². The average Bonchev–Trinajstić information content (AvgIpc) is 3.02. The number of carbonyl (C=O) groups is 1. The molecule has 1 aliphatic rings. The van der Waals surface area contributed by atoms with Gasteiger partial charge in [-0.1, -0.05) is 31.2 Å². The van der Waals surface area contributed by atoms with Gasteiger partial charge in [0.1, 0.15) is 0 Å². The van der Waals surface area contributed by atoms with Crippen molar-refractivity contribution in [3.63, 3.8) is 0 Å². The monoisotopic (exact) mass is 627 g/mol. The number of carbonyl (C=O) groups excluding carboxylic acids is 1. The Labute approximate surface area is 256 Å². The van der Waals surface area contributed by atoms with Gasteiger partial charge in [-0.3, -0.25) is 4.79 Å². The number of primary amides is 1. The smallest absolute Gasteiger partial charge is 0.380 e. The highest BCUT2D eigenvalue weighted by atomic mass is 32.2. The van der Waals surface area contributed by atoms with Gasteiger partial charge in [0.25, 0.3) is 0 Å². The van der Waals surface area contributed by atoms with Crippen molar-refractivity contribution in [3.8, 4) is 6.07 Å². The minimum Gasteiger partial charge on any atom is -0.380 e. The third kappa shape index (κ3) is 7.42. The van der Waals surface area contributed by atoms with Crippen LogP contribution in [0.1, 0.15) is 77.6 Å². The number of benzene rings is 3. The lowest BCUT2D eigenvalue weighted by Crippen LogP contribution is -2.45. The number of hydrogen-bond donors (Lipinski definition) is 1. The lowest BCUT2D eigenvalue weighted by atomic mass is 9.84. The maximum Gasteiger partial charge on any atom is 0.416 e. The summed E-state index contributed by atoms with van der Waals surface area (Å²) in [5.74, 6) is -1.32. The molecule has 4 rings (SSSR count). The van der Waals surface area contributed by atoms with E-state index in [0.29, 0.717) is 30.9 Å². The van der Waals surface area contributed by atoms with Crippen molar-refractivity contribution in [2.24, 2.45) is 5.73 Å². The standard InChI is InChI=1S/C33H36F3N3O4S/c1-3-43-21-27-12-7-24(22-5-10-25(11-6-22)33(34,35)36)20-39(27)26-13-16-30(32(38)40)31(19-26)29(17-18-37)23-8-14-28(15-9-23)44(41,42)4-2/h5-6,8-11,13-16,19,24,27,29H,3-4,7,12,17,20-21H2,1-2H3,(H2,38,40)/t24-,27-,29+/m0/s1. The van der Waals surface area contributed by atoms with Crippen LogP contribution in [0.3, 0.4) is 0 Å². The summed E-state index contributed by atoms with van der Waals surface area (Å²) in [5, 5.41) is 9.74. The van der Waals surface area contributed by atoms with E-state index >= 15 is 0 Å². The number of piperidine rings is 1. The Kier molecular flexibility index (Phi) is 10.4. The van der Waals surface area contributed by atoms with Crippen molar-refractivity contribution in [2.45, 2.75) is 62.1 Å². The fourth-order valence-electron chi connectivity index (χ4n) is 5.80. The third-order valence-electron chi connectivity index (χ3n) is 8.25. The molecule has 1 heterocycles. The number of sulfone groups is 1. The van der Waals surface area contributed by atoms with Gasteiger partial charge < -0.3 is 15.4 Å². The summed E-state index contributed by atoms with van der Waals surface area (Å²) < 4.78 is 70.0. The van der Waals surface area contributed by atoms with E-state index in [1.165, 1.54) is 24.3 Å². The number of nitrogens with two attached hydrogens (primary N) is 1. The molecule has 11 heteroatoms. The van der Waals surface area contributed by atoms with Crippen molar-refractivity contribution >= 4 is 21.4 Å². The van der Waals surface area contributed by atoms with Crippen LogP contribution >= 0.6 is 0 Å². The molecule has 0 saturated carbocycles. The zero-order chi connectivity index (χ0) is 32.1. The normalized spacial score (nSPS) is 18.0. The van der Waals surface area contributed by atoms with Crippen LogP contribution < -0.4 is 10.6 Å². The second kappa shape index (κ2) is 13.8. The Morgan fingerprint density at radius 1 is 1.07 bits per heavy atom. The van der Waals surface area contributed by atoms with Crippen molar-refractivity contribution < 1.29 is 31.1 Å². The van der Waals surface area contributed by atoms with Gasteiger partial charge in [-0.15, -0.1) is 0 Å². The highest BCUT2D eigenvalue weighted by molar-refractivity contribution is 7.91. The highest BCUT2D eigenvalue weighted by Gasteiger charge is 2.33. The van der Waals surface area contributed by atoms with Gasteiger partial charge >= 0.3 is 6.18 Å². The van der Waals surface area contributed by atoms with Crippen LogP contribution in [0.4, 0.5) is 18.9 Å². The first-order valence-electron chi connectivity index (χ1n) is 14.5. The highest BCUT2D eigenvalue weighted by Crippen LogP contribution is 2.39. The summed E-state index contributed by atoms with van der Waals surface area (Å²) in [6, 6.07) is 19.0. The summed E-state index contributed by atoms with van der Waals surface area (Å²) in [4.78, 5) is 14.9. The molecule has 2 N–H and O–H groups in total. The third-order valence-corrected chi connectivity index (χ3v) is 10.0. The van der Waals surface area contributed by atoms with Crippen LogP contribution in [-0.4, -0.2) is 45.9 Å². The summed E-state index contributed by atoms with van der Waals surface area (Å²) >= 11 is 0. The molecule has 234 valence electrons. The first-order valence-corrected chi connectivity index (χ1v) is 16.2.